The molecule has 0 aliphatic rings. The van der Waals surface area contributed by atoms with Gasteiger partial charge in [0.15, 0.2) is 0 Å². The molecule has 0 saturated carbocycles. The number of rotatable bonds is 7. The minimum Gasteiger partial charge on any atom is -0.488 e. The van der Waals surface area contributed by atoms with E-state index in [1.807, 2.05) is 18.2 Å². The number of benzene rings is 2. The molecule has 3 aromatic rings. The first-order valence-corrected chi connectivity index (χ1v) is 9.99. The van der Waals surface area contributed by atoms with Gasteiger partial charge in [-0.2, -0.15) is 5.10 Å². The lowest BCUT2D eigenvalue weighted by Crippen LogP contribution is -2.37. The van der Waals surface area contributed by atoms with Crippen molar-refractivity contribution in [1.29, 1.82) is 0 Å². The van der Waals surface area contributed by atoms with Gasteiger partial charge in [-0.1, -0.05) is 29.8 Å². The van der Waals surface area contributed by atoms with Crippen molar-refractivity contribution in [2.24, 2.45) is 5.10 Å². The molecule has 1 aromatic heterocycles. The number of amides is 2. The SMILES string of the molecule is O=C(NCc1ccco1)C(=O)N/N=C\c1ccc(OCc2ccccc2Cl)c(Br)c1. The van der Waals surface area contributed by atoms with E-state index in [0.29, 0.717) is 33.2 Å². The van der Waals surface area contributed by atoms with Crippen molar-refractivity contribution in [1.82, 2.24) is 10.7 Å². The van der Waals surface area contributed by atoms with Crippen LogP contribution in [0.4, 0.5) is 0 Å². The normalized spacial score (nSPS) is 10.7. The molecule has 30 heavy (non-hydrogen) atoms. The van der Waals surface area contributed by atoms with Gasteiger partial charge in [0.05, 0.1) is 23.5 Å². The lowest BCUT2D eigenvalue weighted by Gasteiger charge is -2.10. The predicted molar refractivity (Wildman–Crippen MR) is 116 cm³/mol. The maximum atomic E-state index is 11.8. The molecule has 3 rings (SSSR count). The number of hydrazone groups is 1. The summed E-state index contributed by atoms with van der Waals surface area (Å²) in [6.07, 6.45) is 2.90. The third-order valence-corrected chi connectivity index (χ3v) is 4.87. The maximum absolute atomic E-state index is 11.8. The number of halogens is 2. The number of nitrogens with one attached hydrogen (secondary N) is 2. The highest BCUT2D eigenvalue weighted by molar-refractivity contribution is 9.10. The minimum absolute atomic E-state index is 0.117. The Labute approximate surface area is 186 Å². The average Bonchev–Trinajstić information content (AvgIpc) is 3.26. The van der Waals surface area contributed by atoms with Crippen molar-refractivity contribution < 1.29 is 18.7 Å². The van der Waals surface area contributed by atoms with Crippen LogP contribution in [0.1, 0.15) is 16.9 Å². The molecule has 0 saturated heterocycles. The smallest absolute Gasteiger partial charge is 0.329 e. The van der Waals surface area contributed by atoms with Crippen LogP contribution in [-0.4, -0.2) is 18.0 Å². The van der Waals surface area contributed by atoms with Gasteiger partial charge in [-0.05, 0) is 57.9 Å². The summed E-state index contributed by atoms with van der Waals surface area (Å²) in [5, 5.41) is 6.87. The second-order valence-electron chi connectivity index (χ2n) is 6.03. The summed E-state index contributed by atoms with van der Waals surface area (Å²) in [6, 6.07) is 16.1. The molecule has 0 radical (unpaired) electrons. The molecular formula is C21H17BrClN3O4. The Balaban J connectivity index is 1.49. The van der Waals surface area contributed by atoms with Gasteiger partial charge in [0, 0.05) is 10.6 Å². The van der Waals surface area contributed by atoms with Gasteiger partial charge in [0.2, 0.25) is 0 Å². The third-order valence-electron chi connectivity index (χ3n) is 3.89. The van der Waals surface area contributed by atoms with E-state index in [0.717, 1.165) is 5.56 Å². The Hall–Kier alpha value is -3.10. The average molecular weight is 491 g/mol. The van der Waals surface area contributed by atoms with Crippen LogP contribution in [0.15, 0.2) is 74.9 Å². The molecule has 0 aliphatic carbocycles. The molecule has 0 spiro atoms. The Morgan fingerprint density at radius 2 is 1.97 bits per heavy atom. The molecule has 154 valence electrons. The van der Waals surface area contributed by atoms with Crippen molar-refractivity contribution in [3.05, 3.63) is 87.2 Å². The van der Waals surface area contributed by atoms with Crippen molar-refractivity contribution in [2.45, 2.75) is 13.2 Å². The van der Waals surface area contributed by atoms with Crippen LogP contribution in [0, 0.1) is 0 Å². The lowest BCUT2D eigenvalue weighted by atomic mass is 10.2. The van der Waals surface area contributed by atoms with Gasteiger partial charge >= 0.3 is 11.8 Å². The molecule has 0 fully saturated rings. The molecule has 0 bridgehead atoms. The Kier molecular flexibility index (Phi) is 7.64. The molecular weight excluding hydrogens is 474 g/mol. The summed E-state index contributed by atoms with van der Waals surface area (Å²) < 4.78 is 11.6. The van der Waals surface area contributed by atoms with Crippen LogP contribution in [0.3, 0.4) is 0 Å². The molecule has 2 amide bonds. The Morgan fingerprint density at radius 1 is 1.13 bits per heavy atom. The summed E-state index contributed by atoms with van der Waals surface area (Å²) in [5.74, 6) is -0.514. The van der Waals surface area contributed by atoms with Crippen LogP contribution in [0.25, 0.3) is 0 Å². The molecule has 7 nitrogen and oxygen atoms in total. The second-order valence-corrected chi connectivity index (χ2v) is 7.29. The number of carbonyl (C=O) groups excluding carboxylic acids is 2. The zero-order chi connectivity index (χ0) is 21.3. The second kappa shape index (κ2) is 10.6. The summed E-state index contributed by atoms with van der Waals surface area (Å²) in [6.45, 7) is 0.445. The van der Waals surface area contributed by atoms with Gasteiger partial charge in [-0.15, -0.1) is 0 Å². The first-order valence-electron chi connectivity index (χ1n) is 8.82. The highest BCUT2D eigenvalue weighted by atomic mass is 79.9. The molecule has 9 heteroatoms. The zero-order valence-corrected chi connectivity index (χ0v) is 17.9. The summed E-state index contributed by atoms with van der Waals surface area (Å²) in [4.78, 5) is 23.5. The van der Waals surface area contributed by atoms with E-state index in [9.17, 15) is 9.59 Å². The topological polar surface area (TPSA) is 92.9 Å². The van der Waals surface area contributed by atoms with E-state index in [4.69, 9.17) is 20.8 Å². The van der Waals surface area contributed by atoms with Crippen LogP contribution in [0.2, 0.25) is 5.02 Å². The molecule has 2 aromatic carbocycles. The number of ether oxygens (including phenoxy) is 1. The minimum atomic E-state index is -0.878. The summed E-state index contributed by atoms with van der Waals surface area (Å²) >= 11 is 9.57. The monoisotopic (exact) mass is 489 g/mol. The highest BCUT2D eigenvalue weighted by Gasteiger charge is 2.12. The fraction of sp³-hybridized carbons (Fsp3) is 0.0952. The van der Waals surface area contributed by atoms with E-state index in [2.05, 4.69) is 31.8 Å². The molecule has 2 N–H and O–H groups in total. The fourth-order valence-corrected chi connectivity index (χ4v) is 3.06. The van der Waals surface area contributed by atoms with Crippen LogP contribution in [-0.2, 0) is 22.7 Å². The van der Waals surface area contributed by atoms with Crippen molar-refractivity contribution >= 4 is 45.6 Å². The fourth-order valence-electron chi connectivity index (χ4n) is 2.36. The highest BCUT2D eigenvalue weighted by Crippen LogP contribution is 2.27. The quantitative estimate of drug-likeness (QED) is 0.297. The van der Waals surface area contributed by atoms with E-state index in [1.165, 1.54) is 12.5 Å². The summed E-state index contributed by atoms with van der Waals surface area (Å²) in [5.41, 5.74) is 3.75. The van der Waals surface area contributed by atoms with Gasteiger partial charge in [-0.3, -0.25) is 9.59 Å². The number of hydrogen-bond acceptors (Lipinski definition) is 5. The first kappa shape index (κ1) is 21.6. The van der Waals surface area contributed by atoms with Crippen LogP contribution in [0.5, 0.6) is 5.75 Å². The Bertz CT molecular complexity index is 1050. The number of furan rings is 1. The first-order chi connectivity index (χ1) is 14.5. The summed E-state index contributed by atoms with van der Waals surface area (Å²) in [7, 11) is 0. The zero-order valence-electron chi connectivity index (χ0n) is 15.6. The lowest BCUT2D eigenvalue weighted by molar-refractivity contribution is -0.139. The van der Waals surface area contributed by atoms with E-state index in [-0.39, 0.29) is 6.54 Å². The van der Waals surface area contributed by atoms with Gasteiger partial charge in [0.25, 0.3) is 0 Å². The van der Waals surface area contributed by atoms with E-state index < -0.39 is 11.8 Å². The van der Waals surface area contributed by atoms with E-state index in [1.54, 1.807) is 36.4 Å². The third kappa shape index (κ3) is 6.20. The number of nitrogens with zero attached hydrogens (tertiary/aromatic N) is 1. The van der Waals surface area contributed by atoms with Gasteiger partial charge in [0.1, 0.15) is 18.1 Å². The van der Waals surface area contributed by atoms with Gasteiger partial charge < -0.3 is 14.5 Å². The largest absolute Gasteiger partial charge is 0.488 e. The van der Waals surface area contributed by atoms with Crippen LogP contribution < -0.4 is 15.5 Å². The van der Waals surface area contributed by atoms with Crippen molar-refractivity contribution in [2.75, 3.05) is 0 Å². The standard InChI is InChI=1S/C21H17BrClN3O4/c22-17-10-14(7-8-19(17)30-13-15-4-1-2-6-18(15)23)11-25-26-21(28)20(27)24-12-16-5-3-9-29-16/h1-11H,12-13H2,(H,24,27)(H,26,28)/b25-11-. The molecule has 0 aliphatic heterocycles. The maximum Gasteiger partial charge on any atom is 0.329 e. The van der Waals surface area contributed by atoms with Gasteiger partial charge in [-0.25, -0.2) is 5.43 Å². The van der Waals surface area contributed by atoms with Crippen LogP contribution >= 0.6 is 27.5 Å². The molecule has 0 atom stereocenters. The Morgan fingerprint density at radius 3 is 2.70 bits per heavy atom. The number of carbonyl (C=O) groups is 2. The van der Waals surface area contributed by atoms with Crippen molar-refractivity contribution in [3.8, 4) is 5.75 Å². The predicted octanol–water partition coefficient (Wildman–Crippen LogP) is 4.04. The molecule has 0 unspecified atom stereocenters. The number of hydrogen-bond donors (Lipinski definition) is 2. The van der Waals surface area contributed by atoms with Crippen molar-refractivity contribution in [3.63, 3.8) is 0 Å². The van der Waals surface area contributed by atoms with E-state index >= 15 is 0 Å². The molecule has 1 heterocycles.